The van der Waals surface area contributed by atoms with Crippen molar-refractivity contribution < 1.29 is 22.6 Å². The lowest BCUT2D eigenvalue weighted by Crippen LogP contribution is -2.32. The van der Waals surface area contributed by atoms with E-state index >= 15 is 0 Å². The van der Waals surface area contributed by atoms with Gasteiger partial charge in [0.25, 0.3) is 5.91 Å². The van der Waals surface area contributed by atoms with Gasteiger partial charge in [0.05, 0.1) is 5.69 Å². The van der Waals surface area contributed by atoms with E-state index in [9.17, 15) is 22.6 Å². The van der Waals surface area contributed by atoms with Crippen LogP contribution in [0.2, 0.25) is 0 Å². The molecule has 6 nitrogen and oxygen atoms in total. The van der Waals surface area contributed by atoms with Gasteiger partial charge < -0.3 is 5.32 Å². The predicted molar refractivity (Wildman–Crippen MR) is 117 cm³/mol. The van der Waals surface area contributed by atoms with E-state index in [0.29, 0.717) is 5.69 Å². The van der Waals surface area contributed by atoms with E-state index in [1.165, 1.54) is 22.5 Å². The zero-order valence-corrected chi connectivity index (χ0v) is 17.7. The molecule has 2 aromatic carbocycles. The fraction of sp³-hybridized carbons (Fsp3) is 0.0870. The molecule has 0 aliphatic carbocycles. The average molecular weight is 453 g/mol. The molecule has 9 heteroatoms. The van der Waals surface area contributed by atoms with Gasteiger partial charge in [-0.05, 0) is 59.7 Å². The lowest BCUT2D eigenvalue weighted by atomic mass is 10.0. The maximum atomic E-state index is 13.6. The number of halogens is 2. The molecule has 1 aliphatic heterocycles. The predicted octanol–water partition coefficient (Wildman–Crippen LogP) is 3.63. The Kier molecular flexibility index (Phi) is 5.91. The number of carbonyl (C=O) groups is 2. The number of carbonyl (C=O) groups excluding carboxylic acids is 2. The van der Waals surface area contributed by atoms with Crippen molar-refractivity contribution in [1.29, 1.82) is 0 Å². The zero-order chi connectivity index (χ0) is 22.8. The van der Waals surface area contributed by atoms with E-state index in [2.05, 4.69) is 10.3 Å². The van der Waals surface area contributed by atoms with Crippen LogP contribution in [0.25, 0.3) is 6.08 Å². The summed E-state index contributed by atoms with van der Waals surface area (Å²) < 4.78 is 41.0. The number of Topliss-reactive ketones (excluding diaryl/α,β-unsaturated/α-hetero) is 1. The Morgan fingerprint density at radius 3 is 2.56 bits per heavy atom. The molecule has 0 radical (unpaired) electrons. The summed E-state index contributed by atoms with van der Waals surface area (Å²) in [5.41, 5.74) is 1.93. The van der Waals surface area contributed by atoms with E-state index in [-0.39, 0.29) is 34.0 Å². The highest BCUT2D eigenvalue weighted by atomic mass is 32.2. The minimum Gasteiger partial charge on any atom is -0.348 e. The second kappa shape index (κ2) is 8.80. The smallest absolute Gasteiger partial charge is 0.251 e. The standard InChI is InChI=1S/C23H17F2N3O3S/c1-28-20-5-3-16(23(30)27-13-14-6-8-26-9-7-14)12-17(20)22(29)21(32(28)31)11-15-2-4-18(24)19(25)10-15/h2-12H,13H2,1H3,(H,27,30)/b21-11-. The van der Waals surface area contributed by atoms with Gasteiger partial charge in [0, 0.05) is 37.1 Å². The van der Waals surface area contributed by atoms with Crippen LogP contribution in [0.1, 0.15) is 31.8 Å². The summed E-state index contributed by atoms with van der Waals surface area (Å²) in [4.78, 5) is 29.5. The minimum atomic E-state index is -1.85. The Morgan fingerprint density at radius 1 is 1.09 bits per heavy atom. The van der Waals surface area contributed by atoms with Crippen LogP contribution in [0.3, 0.4) is 0 Å². The number of hydrogen-bond donors (Lipinski definition) is 1. The summed E-state index contributed by atoms with van der Waals surface area (Å²) in [6.07, 6.45) is 4.50. The number of rotatable bonds is 4. The summed E-state index contributed by atoms with van der Waals surface area (Å²) in [6, 6.07) is 11.2. The Morgan fingerprint density at radius 2 is 1.84 bits per heavy atom. The van der Waals surface area contributed by atoms with Gasteiger partial charge in [0.15, 0.2) is 22.6 Å². The molecule has 32 heavy (non-hydrogen) atoms. The third kappa shape index (κ3) is 4.19. The van der Waals surface area contributed by atoms with Gasteiger partial charge in [-0.3, -0.25) is 18.9 Å². The first-order chi connectivity index (χ1) is 15.3. The van der Waals surface area contributed by atoms with Crippen molar-refractivity contribution in [1.82, 2.24) is 10.3 Å². The maximum absolute atomic E-state index is 13.6. The molecule has 1 aliphatic rings. The first kappa shape index (κ1) is 21.5. The largest absolute Gasteiger partial charge is 0.348 e. The summed E-state index contributed by atoms with van der Waals surface area (Å²) in [7, 11) is -0.305. The minimum absolute atomic E-state index is 0.0969. The quantitative estimate of drug-likeness (QED) is 0.612. The third-order valence-corrected chi connectivity index (χ3v) is 6.32. The van der Waals surface area contributed by atoms with E-state index in [4.69, 9.17) is 0 Å². The average Bonchev–Trinajstić information content (AvgIpc) is 2.81. The zero-order valence-electron chi connectivity index (χ0n) is 16.8. The van der Waals surface area contributed by atoms with Crippen LogP contribution in [0, 0.1) is 11.6 Å². The molecule has 0 saturated heterocycles. The molecule has 0 spiro atoms. The van der Waals surface area contributed by atoms with E-state index in [0.717, 1.165) is 17.7 Å². The van der Waals surface area contributed by atoms with Crippen LogP contribution in [0.4, 0.5) is 14.5 Å². The fourth-order valence-electron chi connectivity index (χ4n) is 3.24. The molecule has 0 bridgehead atoms. The molecule has 1 aromatic heterocycles. The van der Waals surface area contributed by atoms with Crippen molar-refractivity contribution in [3.8, 4) is 0 Å². The van der Waals surface area contributed by atoms with E-state index in [1.54, 1.807) is 43.7 Å². The highest BCUT2D eigenvalue weighted by Crippen LogP contribution is 2.33. The molecule has 162 valence electrons. The van der Waals surface area contributed by atoms with Crippen molar-refractivity contribution in [2.24, 2.45) is 0 Å². The fourth-order valence-corrected chi connectivity index (χ4v) is 4.38. The number of pyridine rings is 1. The molecule has 1 unspecified atom stereocenters. The van der Waals surface area contributed by atoms with Gasteiger partial charge in [-0.25, -0.2) is 13.0 Å². The van der Waals surface area contributed by atoms with Crippen molar-refractivity contribution in [3.05, 3.63) is 99.7 Å². The Bertz CT molecular complexity index is 1280. The number of nitrogens with one attached hydrogen (secondary N) is 1. The molecule has 4 rings (SSSR count). The van der Waals surface area contributed by atoms with Gasteiger partial charge in [-0.15, -0.1) is 0 Å². The molecular formula is C23H17F2N3O3S. The van der Waals surface area contributed by atoms with Crippen molar-refractivity contribution in [3.63, 3.8) is 0 Å². The first-order valence-corrected chi connectivity index (χ1v) is 10.6. The number of nitrogens with zero attached hydrogens (tertiary/aromatic N) is 2. The molecule has 1 N–H and O–H groups in total. The highest BCUT2D eigenvalue weighted by molar-refractivity contribution is 7.91. The van der Waals surface area contributed by atoms with Crippen molar-refractivity contribution in [2.45, 2.75) is 6.54 Å². The lowest BCUT2D eigenvalue weighted by Gasteiger charge is -2.27. The van der Waals surface area contributed by atoms with Crippen LogP contribution in [-0.4, -0.2) is 27.9 Å². The number of allylic oxidation sites excluding steroid dienone is 1. The van der Waals surface area contributed by atoms with Gasteiger partial charge in [0.1, 0.15) is 4.91 Å². The third-order valence-electron chi connectivity index (χ3n) is 4.95. The maximum Gasteiger partial charge on any atom is 0.251 e. The summed E-state index contributed by atoms with van der Waals surface area (Å²) in [5.74, 6) is -3.02. The second-order valence-electron chi connectivity index (χ2n) is 7.03. The first-order valence-electron chi connectivity index (χ1n) is 9.53. The Labute approximate surface area is 185 Å². The molecule has 2 heterocycles. The van der Waals surface area contributed by atoms with Gasteiger partial charge >= 0.3 is 0 Å². The number of anilines is 1. The number of benzene rings is 2. The van der Waals surface area contributed by atoms with Crippen LogP contribution in [0.15, 0.2) is 65.8 Å². The lowest BCUT2D eigenvalue weighted by molar-refractivity contribution is 0.0951. The van der Waals surface area contributed by atoms with Crippen molar-refractivity contribution in [2.75, 3.05) is 11.4 Å². The molecule has 1 amide bonds. The topological polar surface area (TPSA) is 79.4 Å². The molecule has 3 aromatic rings. The van der Waals surface area contributed by atoms with Crippen LogP contribution in [0.5, 0.6) is 0 Å². The highest BCUT2D eigenvalue weighted by Gasteiger charge is 2.32. The number of fused-ring (bicyclic) bond motifs is 1. The van der Waals surface area contributed by atoms with Crippen molar-refractivity contribution >= 4 is 34.4 Å². The number of ketones is 1. The van der Waals surface area contributed by atoms with Crippen LogP contribution < -0.4 is 9.62 Å². The second-order valence-corrected chi connectivity index (χ2v) is 8.51. The van der Waals surface area contributed by atoms with E-state index < -0.39 is 28.4 Å². The molecule has 1 atom stereocenters. The number of amides is 1. The summed E-state index contributed by atoms with van der Waals surface area (Å²) >= 11 is 0. The SMILES string of the molecule is CN1c2ccc(C(=O)NCc3ccncc3)cc2C(=O)/C(=C/c2ccc(F)c(F)c2)S1=O. The Hall–Kier alpha value is -3.72. The molecular weight excluding hydrogens is 436 g/mol. The van der Waals surface area contributed by atoms with Crippen LogP contribution >= 0.6 is 0 Å². The van der Waals surface area contributed by atoms with Gasteiger partial charge in [0.2, 0.25) is 5.78 Å². The monoisotopic (exact) mass is 453 g/mol. The van der Waals surface area contributed by atoms with Gasteiger partial charge in [-0.2, -0.15) is 0 Å². The normalized spacial score (nSPS) is 16.7. The summed E-state index contributed by atoms with van der Waals surface area (Å²) in [5, 5.41) is 2.78. The van der Waals surface area contributed by atoms with E-state index in [1.807, 2.05) is 0 Å². The molecule has 0 fully saturated rings. The Balaban J connectivity index is 1.64. The van der Waals surface area contributed by atoms with Crippen LogP contribution in [-0.2, 0) is 17.5 Å². The number of aromatic nitrogens is 1. The number of hydrogen-bond acceptors (Lipinski definition) is 4. The molecule has 0 saturated carbocycles. The summed E-state index contributed by atoms with van der Waals surface area (Å²) in [6.45, 7) is 0.289. The van der Waals surface area contributed by atoms with Gasteiger partial charge in [-0.1, -0.05) is 6.07 Å².